The Labute approximate surface area is 93.4 Å². The van der Waals surface area contributed by atoms with E-state index in [-0.39, 0.29) is 0 Å². The van der Waals surface area contributed by atoms with Crippen LogP contribution in [0.4, 0.5) is 5.95 Å². The molecule has 1 aliphatic rings. The van der Waals surface area contributed by atoms with Gasteiger partial charge in [-0.2, -0.15) is 0 Å². The van der Waals surface area contributed by atoms with E-state index < -0.39 is 0 Å². The molecule has 1 aromatic heterocycles. The average Bonchev–Trinajstić information content (AvgIpc) is 2.82. The van der Waals surface area contributed by atoms with E-state index in [9.17, 15) is 0 Å². The Hall–Kier alpha value is -1.97. The summed E-state index contributed by atoms with van der Waals surface area (Å²) < 4.78 is 0. The molecular weight excluding hydrogens is 200 g/mol. The maximum absolute atomic E-state index is 4.43. The minimum absolute atomic E-state index is 0.419. The van der Waals surface area contributed by atoms with Crippen molar-refractivity contribution in [3.8, 4) is 0 Å². The Morgan fingerprint density at radius 2 is 1.75 bits per heavy atom. The number of anilines is 1. The van der Waals surface area contributed by atoms with Crippen LogP contribution in [0, 0.1) is 0 Å². The summed E-state index contributed by atoms with van der Waals surface area (Å²) in [4.78, 5) is 4.43. The first-order chi connectivity index (χ1) is 7.92. The van der Waals surface area contributed by atoms with Crippen LogP contribution in [-0.2, 0) is 0 Å². The van der Waals surface area contributed by atoms with E-state index in [1.165, 1.54) is 0 Å². The Balaban J connectivity index is 1.87. The monoisotopic (exact) mass is 212 g/mol. The molecule has 80 valence electrons. The van der Waals surface area contributed by atoms with E-state index in [1.54, 1.807) is 0 Å². The smallest absolute Gasteiger partial charge is 0.243 e. The quantitative estimate of drug-likeness (QED) is 0.775. The van der Waals surface area contributed by atoms with Crippen LogP contribution in [0.5, 0.6) is 0 Å². The molecule has 1 heterocycles. The highest BCUT2D eigenvalue weighted by Gasteiger charge is 2.11. The molecular formula is C12H12N4. The lowest BCUT2D eigenvalue weighted by atomic mass is 10.2. The van der Waals surface area contributed by atoms with Crippen LogP contribution in [0.3, 0.4) is 0 Å². The van der Waals surface area contributed by atoms with Crippen molar-refractivity contribution in [2.45, 2.75) is 18.9 Å². The van der Waals surface area contributed by atoms with Gasteiger partial charge in [0.2, 0.25) is 5.95 Å². The Morgan fingerprint density at radius 3 is 2.56 bits per heavy atom. The predicted octanol–water partition coefficient (Wildman–Crippen LogP) is 2.16. The lowest BCUT2D eigenvalue weighted by molar-refractivity contribution is 0.768. The van der Waals surface area contributed by atoms with E-state index in [0.29, 0.717) is 12.0 Å². The van der Waals surface area contributed by atoms with Crippen molar-refractivity contribution < 1.29 is 0 Å². The molecule has 0 saturated carbocycles. The van der Waals surface area contributed by atoms with Gasteiger partial charge in [-0.05, 0) is 25.0 Å². The van der Waals surface area contributed by atoms with Crippen LogP contribution >= 0.6 is 0 Å². The van der Waals surface area contributed by atoms with Gasteiger partial charge in [-0.3, -0.25) is 0 Å². The molecule has 0 saturated heterocycles. The molecule has 4 nitrogen and oxygen atoms in total. The summed E-state index contributed by atoms with van der Waals surface area (Å²) in [5, 5.41) is 11.5. The van der Waals surface area contributed by atoms with Crippen molar-refractivity contribution >= 4 is 17.0 Å². The van der Waals surface area contributed by atoms with E-state index in [2.05, 4.69) is 32.7 Å². The zero-order chi connectivity index (χ0) is 10.8. The van der Waals surface area contributed by atoms with E-state index >= 15 is 0 Å². The number of hydrogen-bond acceptors (Lipinski definition) is 4. The fourth-order valence-corrected chi connectivity index (χ4v) is 1.86. The van der Waals surface area contributed by atoms with Gasteiger partial charge in [-0.25, -0.2) is 4.98 Å². The van der Waals surface area contributed by atoms with Crippen LogP contribution in [0.15, 0.2) is 36.4 Å². The van der Waals surface area contributed by atoms with Gasteiger partial charge in [0.1, 0.15) is 5.52 Å². The van der Waals surface area contributed by atoms with Crippen molar-refractivity contribution in [3.05, 3.63) is 36.4 Å². The highest BCUT2D eigenvalue weighted by atomic mass is 15.2. The number of rotatable bonds is 2. The first-order valence-electron chi connectivity index (χ1n) is 5.43. The number of nitrogens with zero attached hydrogens (tertiary/aromatic N) is 3. The molecule has 0 aliphatic heterocycles. The van der Waals surface area contributed by atoms with Gasteiger partial charge in [0, 0.05) is 6.04 Å². The molecule has 0 atom stereocenters. The largest absolute Gasteiger partial charge is 0.350 e. The summed E-state index contributed by atoms with van der Waals surface area (Å²) in [6, 6.07) is 8.17. The molecule has 1 N–H and O–H groups in total. The SMILES string of the molecule is C1=CCC(Nc2nnc3ccccc3n2)C1. The van der Waals surface area contributed by atoms with Crippen molar-refractivity contribution in [2.24, 2.45) is 0 Å². The van der Waals surface area contributed by atoms with Crippen LogP contribution in [0.2, 0.25) is 0 Å². The normalized spacial score (nSPS) is 15.8. The maximum atomic E-state index is 4.43. The fourth-order valence-electron chi connectivity index (χ4n) is 1.86. The molecule has 0 radical (unpaired) electrons. The highest BCUT2D eigenvalue weighted by molar-refractivity contribution is 5.74. The number of para-hydroxylation sites is 1. The molecule has 4 heteroatoms. The van der Waals surface area contributed by atoms with Gasteiger partial charge in [0.05, 0.1) is 5.52 Å². The van der Waals surface area contributed by atoms with Gasteiger partial charge >= 0.3 is 0 Å². The lowest BCUT2D eigenvalue weighted by Crippen LogP contribution is -2.17. The summed E-state index contributed by atoms with van der Waals surface area (Å²) in [5.41, 5.74) is 1.71. The van der Waals surface area contributed by atoms with Crippen molar-refractivity contribution in [2.75, 3.05) is 5.32 Å². The van der Waals surface area contributed by atoms with E-state index in [1.807, 2.05) is 24.3 Å². The summed E-state index contributed by atoms with van der Waals surface area (Å²) in [6.07, 6.45) is 6.42. The first-order valence-corrected chi connectivity index (χ1v) is 5.43. The summed E-state index contributed by atoms with van der Waals surface area (Å²) in [7, 11) is 0. The summed E-state index contributed by atoms with van der Waals surface area (Å²) >= 11 is 0. The van der Waals surface area contributed by atoms with Crippen LogP contribution < -0.4 is 5.32 Å². The molecule has 0 spiro atoms. The van der Waals surface area contributed by atoms with Gasteiger partial charge in [-0.1, -0.05) is 24.3 Å². The third kappa shape index (κ3) is 1.74. The first kappa shape index (κ1) is 9.27. The Morgan fingerprint density at radius 1 is 1.00 bits per heavy atom. The summed E-state index contributed by atoms with van der Waals surface area (Å²) in [6.45, 7) is 0. The fraction of sp³-hybridized carbons (Fsp3) is 0.250. The molecule has 1 aromatic carbocycles. The third-order valence-corrected chi connectivity index (χ3v) is 2.70. The molecule has 0 fully saturated rings. The van der Waals surface area contributed by atoms with E-state index in [4.69, 9.17) is 0 Å². The van der Waals surface area contributed by atoms with Gasteiger partial charge < -0.3 is 5.32 Å². The zero-order valence-electron chi connectivity index (χ0n) is 8.80. The number of nitrogens with one attached hydrogen (secondary N) is 1. The number of benzene rings is 1. The number of hydrogen-bond donors (Lipinski definition) is 1. The molecule has 3 rings (SSSR count). The van der Waals surface area contributed by atoms with Gasteiger partial charge in [0.25, 0.3) is 0 Å². The molecule has 1 aliphatic carbocycles. The second-order valence-corrected chi connectivity index (χ2v) is 3.91. The third-order valence-electron chi connectivity index (χ3n) is 2.70. The van der Waals surface area contributed by atoms with Gasteiger partial charge in [0.15, 0.2) is 0 Å². The van der Waals surface area contributed by atoms with Crippen molar-refractivity contribution in [1.82, 2.24) is 15.2 Å². The molecule has 0 bridgehead atoms. The second kappa shape index (κ2) is 3.89. The maximum Gasteiger partial charge on any atom is 0.243 e. The molecule has 0 amide bonds. The highest BCUT2D eigenvalue weighted by Crippen LogP contribution is 2.15. The minimum atomic E-state index is 0.419. The standard InChI is InChI=1S/C12H12N4/c1-2-6-9(5-1)13-12-14-10-7-3-4-8-11(10)15-16-12/h1-4,7-9H,5-6H2,(H,13,14,16). The number of aromatic nitrogens is 3. The Bertz CT molecular complexity index is 527. The molecule has 16 heavy (non-hydrogen) atoms. The van der Waals surface area contributed by atoms with Gasteiger partial charge in [-0.15, -0.1) is 10.2 Å². The molecule has 0 unspecified atom stereocenters. The topological polar surface area (TPSA) is 50.7 Å². The average molecular weight is 212 g/mol. The van der Waals surface area contributed by atoms with Crippen molar-refractivity contribution in [3.63, 3.8) is 0 Å². The van der Waals surface area contributed by atoms with E-state index in [0.717, 1.165) is 23.9 Å². The predicted molar refractivity (Wildman–Crippen MR) is 63.1 cm³/mol. The Kier molecular flexibility index (Phi) is 2.25. The molecule has 2 aromatic rings. The number of fused-ring (bicyclic) bond motifs is 1. The van der Waals surface area contributed by atoms with Crippen LogP contribution in [-0.4, -0.2) is 21.2 Å². The lowest BCUT2D eigenvalue weighted by Gasteiger charge is -2.10. The minimum Gasteiger partial charge on any atom is -0.350 e. The van der Waals surface area contributed by atoms with Crippen LogP contribution in [0.1, 0.15) is 12.8 Å². The zero-order valence-corrected chi connectivity index (χ0v) is 8.80. The second-order valence-electron chi connectivity index (χ2n) is 3.91. The summed E-state index contributed by atoms with van der Waals surface area (Å²) in [5.74, 6) is 0.618. The van der Waals surface area contributed by atoms with Crippen molar-refractivity contribution in [1.29, 1.82) is 0 Å². The van der Waals surface area contributed by atoms with Crippen LogP contribution in [0.25, 0.3) is 11.0 Å².